The van der Waals surface area contributed by atoms with Crippen LogP contribution in [0.1, 0.15) is 17.8 Å². The fourth-order valence-corrected chi connectivity index (χ4v) is 1.12. The molecular formula is C6H7FN2S. The van der Waals surface area contributed by atoms with Crippen LogP contribution in [0.2, 0.25) is 0 Å². The molecule has 1 aromatic heterocycles. The maximum atomic E-state index is 12.2. The number of rotatable bonds is 2. The summed E-state index contributed by atoms with van der Waals surface area (Å²) in [5.74, 6) is 0.0991. The van der Waals surface area contributed by atoms with Crippen molar-refractivity contribution in [2.24, 2.45) is 0 Å². The molecule has 1 aromatic rings. The third kappa shape index (κ3) is 1.39. The summed E-state index contributed by atoms with van der Waals surface area (Å²) in [7, 11) is 0. The van der Waals surface area contributed by atoms with Crippen LogP contribution in [-0.4, -0.2) is 10.2 Å². The highest BCUT2D eigenvalue weighted by atomic mass is 32.1. The predicted octanol–water partition coefficient (Wildman–Crippen LogP) is 1.97. The van der Waals surface area contributed by atoms with Crippen LogP contribution < -0.4 is 0 Å². The second-order valence-electron chi connectivity index (χ2n) is 1.92. The van der Waals surface area contributed by atoms with Crippen molar-refractivity contribution in [1.82, 2.24) is 10.2 Å². The van der Waals surface area contributed by atoms with Gasteiger partial charge in [-0.05, 0) is 0 Å². The number of aromatic nitrogens is 2. The summed E-state index contributed by atoms with van der Waals surface area (Å²) in [6.45, 7) is 5.46. The Hall–Kier alpha value is -0.770. The van der Waals surface area contributed by atoms with Gasteiger partial charge < -0.3 is 0 Å². The number of hydrogen-bond acceptors (Lipinski definition) is 3. The molecule has 0 bridgehead atoms. The van der Waals surface area contributed by atoms with Gasteiger partial charge in [-0.25, -0.2) is 0 Å². The van der Waals surface area contributed by atoms with Gasteiger partial charge in [0.25, 0.3) is 5.26 Å². The lowest BCUT2D eigenvalue weighted by Gasteiger charge is -1.94. The Morgan fingerprint density at radius 2 is 2.40 bits per heavy atom. The standard InChI is InChI=1S/C6H7FN2S/c1-3-4(2)5-8-9-6(7)10-5/h3-4H,1H2,2H3. The Morgan fingerprint density at radius 3 is 2.80 bits per heavy atom. The van der Waals surface area contributed by atoms with E-state index in [1.807, 2.05) is 6.92 Å². The molecular weight excluding hydrogens is 151 g/mol. The van der Waals surface area contributed by atoms with Gasteiger partial charge in [0.15, 0.2) is 0 Å². The largest absolute Gasteiger partial charge is 0.289 e. The van der Waals surface area contributed by atoms with Crippen LogP contribution in [0, 0.1) is 5.26 Å². The molecule has 10 heavy (non-hydrogen) atoms. The Kier molecular flexibility index (Phi) is 2.11. The van der Waals surface area contributed by atoms with Crippen LogP contribution in [0.4, 0.5) is 4.39 Å². The van der Waals surface area contributed by atoms with Crippen LogP contribution in [0.25, 0.3) is 0 Å². The minimum atomic E-state index is -0.483. The van der Waals surface area contributed by atoms with Gasteiger partial charge in [-0.3, -0.25) is 0 Å². The average Bonchev–Trinajstić information content (AvgIpc) is 2.34. The van der Waals surface area contributed by atoms with E-state index >= 15 is 0 Å². The van der Waals surface area contributed by atoms with Crippen molar-refractivity contribution in [1.29, 1.82) is 0 Å². The lowest BCUT2D eigenvalue weighted by atomic mass is 10.2. The molecule has 0 radical (unpaired) electrons. The Balaban J connectivity index is 2.84. The minimum Gasteiger partial charge on any atom is -0.171 e. The van der Waals surface area contributed by atoms with E-state index in [2.05, 4.69) is 16.8 Å². The second-order valence-corrected chi connectivity index (χ2v) is 2.88. The molecule has 2 nitrogen and oxygen atoms in total. The van der Waals surface area contributed by atoms with Gasteiger partial charge >= 0.3 is 0 Å². The van der Waals surface area contributed by atoms with Crippen LogP contribution >= 0.6 is 11.3 Å². The van der Waals surface area contributed by atoms with Crippen molar-refractivity contribution < 1.29 is 4.39 Å². The average molecular weight is 158 g/mol. The van der Waals surface area contributed by atoms with Crippen molar-refractivity contribution >= 4 is 11.3 Å². The zero-order valence-electron chi connectivity index (χ0n) is 5.54. The van der Waals surface area contributed by atoms with Crippen LogP contribution in [0.15, 0.2) is 12.7 Å². The lowest BCUT2D eigenvalue weighted by Crippen LogP contribution is -1.85. The number of halogens is 1. The summed E-state index contributed by atoms with van der Waals surface area (Å²) in [4.78, 5) is 0. The fourth-order valence-electron chi connectivity index (χ4n) is 0.501. The lowest BCUT2D eigenvalue weighted by molar-refractivity contribution is 0.599. The summed E-state index contributed by atoms with van der Waals surface area (Å²) in [5, 5.41) is 7.04. The van der Waals surface area contributed by atoms with E-state index < -0.39 is 5.26 Å². The molecule has 0 amide bonds. The van der Waals surface area contributed by atoms with Crippen molar-refractivity contribution in [2.45, 2.75) is 12.8 Å². The fraction of sp³-hybridized carbons (Fsp3) is 0.333. The molecule has 0 aliphatic rings. The summed E-state index contributed by atoms with van der Waals surface area (Å²) in [6, 6.07) is 0. The third-order valence-electron chi connectivity index (χ3n) is 1.16. The van der Waals surface area contributed by atoms with E-state index in [-0.39, 0.29) is 5.92 Å². The van der Waals surface area contributed by atoms with E-state index in [4.69, 9.17) is 0 Å². The van der Waals surface area contributed by atoms with Crippen molar-refractivity contribution in [3.63, 3.8) is 0 Å². The summed E-state index contributed by atoms with van der Waals surface area (Å²) in [6.07, 6.45) is 1.71. The first kappa shape index (κ1) is 7.34. The topological polar surface area (TPSA) is 25.8 Å². The van der Waals surface area contributed by atoms with Gasteiger partial charge in [0.05, 0.1) is 0 Å². The van der Waals surface area contributed by atoms with E-state index in [1.54, 1.807) is 6.08 Å². The molecule has 0 fully saturated rings. The van der Waals surface area contributed by atoms with Crippen molar-refractivity contribution in [3.8, 4) is 0 Å². The van der Waals surface area contributed by atoms with Gasteiger partial charge in [0.1, 0.15) is 5.01 Å². The van der Waals surface area contributed by atoms with Gasteiger partial charge in [0, 0.05) is 5.92 Å². The van der Waals surface area contributed by atoms with Gasteiger partial charge in [0.2, 0.25) is 0 Å². The van der Waals surface area contributed by atoms with Gasteiger partial charge in [-0.15, -0.1) is 16.8 Å². The monoisotopic (exact) mass is 158 g/mol. The zero-order valence-corrected chi connectivity index (χ0v) is 6.36. The van der Waals surface area contributed by atoms with Crippen LogP contribution in [-0.2, 0) is 0 Å². The summed E-state index contributed by atoms with van der Waals surface area (Å²) < 4.78 is 12.2. The van der Waals surface area contributed by atoms with E-state index in [1.165, 1.54) is 0 Å². The molecule has 0 aromatic carbocycles. The zero-order chi connectivity index (χ0) is 7.56. The van der Waals surface area contributed by atoms with Gasteiger partial charge in [-0.1, -0.05) is 24.3 Å². The normalized spacial score (nSPS) is 13.0. The molecule has 0 saturated carbocycles. The molecule has 0 saturated heterocycles. The number of allylic oxidation sites excluding steroid dienone is 1. The number of hydrogen-bond donors (Lipinski definition) is 0. The molecule has 0 aliphatic heterocycles. The highest BCUT2D eigenvalue weighted by molar-refractivity contribution is 7.09. The molecule has 1 rings (SSSR count). The SMILES string of the molecule is C=CC(C)c1nnc(F)s1. The van der Waals surface area contributed by atoms with Crippen molar-refractivity contribution in [3.05, 3.63) is 22.9 Å². The Bertz CT molecular complexity index is 233. The second kappa shape index (κ2) is 2.88. The first-order chi connectivity index (χ1) is 4.74. The quantitative estimate of drug-likeness (QED) is 0.615. The van der Waals surface area contributed by atoms with E-state index in [9.17, 15) is 4.39 Å². The smallest absolute Gasteiger partial charge is 0.171 e. The van der Waals surface area contributed by atoms with Crippen LogP contribution in [0.5, 0.6) is 0 Å². The summed E-state index contributed by atoms with van der Waals surface area (Å²) >= 11 is 0.960. The molecule has 1 unspecified atom stereocenters. The third-order valence-corrected chi connectivity index (χ3v) is 2.07. The molecule has 0 spiro atoms. The first-order valence-corrected chi connectivity index (χ1v) is 3.67. The van der Waals surface area contributed by atoms with Crippen molar-refractivity contribution in [2.75, 3.05) is 0 Å². The molecule has 0 N–H and O–H groups in total. The first-order valence-electron chi connectivity index (χ1n) is 2.85. The summed E-state index contributed by atoms with van der Waals surface area (Å²) in [5.41, 5.74) is 0. The minimum absolute atomic E-state index is 0.0991. The molecule has 54 valence electrons. The highest BCUT2D eigenvalue weighted by Gasteiger charge is 2.07. The molecule has 4 heteroatoms. The molecule has 1 heterocycles. The maximum Gasteiger partial charge on any atom is 0.289 e. The van der Waals surface area contributed by atoms with Gasteiger partial charge in [-0.2, -0.15) is 4.39 Å². The highest BCUT2D eigenvalue weighted by Crippen LogP contribution is 2.18. The van der Waals surface area contributed by atoms with E-state index in [0.717, 1.165) is 11.3 Å². The maximum absolute atomic E-state index is 12.2. The Labute approximate surface area is 62.4 Å². The molecule has 0 aliphatic carbocycles. The molecule has 1 atom stereocenters. The predicted molar refractivity (Wildman–Crippen MR) is 38.5 cm³/mol. The Morgan fingerprint density at radius 1 is 1.70 bits per heavy atom. The van der Waals surface area contributed by atoms with E-state index in [0.29, 0.717) is 5.01 Å². The van der Waals surface area contributed by atoms with Crippen LogP contribution in [0.3, 0.4) is 0 Å². The number of nitrogens with zero attached hydrogens (tertiary/aromatic N) is 2.